The van der Waals surface area contributed by atoms with E-state index in [2.05, 4.69) is 20.4 Å². The van der Waals surface area contributed by atoms with Crippen LogP contribution in [-0.4, -0.2) is 22.6 Å². The first-order chi connectivity index (χ1) is 13.1. The maximum absolute atomic E-state index is 11.8. The second kappa shape index (κ2) is 8.18. The monoisotopic (exact) mass is 364 g/mol. The van der Waals surface area contributed by atoms with E-state index in [1.54, 1.807) is 12.1 Å². The summed E-state index contributed by atoms with van der Waals surface area (Å²) in [4.78, 5) is 23.5. The van der Waals surface area contributed by atoms with Gasteiger partial charge < -0.3 is 14.3 Å². The van der Waals surface area contributed by atoms with Crippen LogP contribution in [0.15, 0.2) is 64.3 Å². The number of para-hydroxylation sites is 1. The van der Waals surface area contributed by atoms with Crippen LogP contribution in [0, 0.1) is 13.8 Å². The van der Waals surface area contributed by atoms with Gasteiger partial charge in [0.05, 0.1) is 19.0 Å². The van der Waals surface area contributed by atoms with E-state index in [4.69, 9.17) is 4.42 Å². The van der Waals surface area contributed by atoms with Crippen LogP contribution in [0.4, 0.5) is 0 Å². The zero-order valence-electron chi connectivity index (χ0n) is 15.1. The third-order valence-corrected chi connectivity index (χ3v) is 4.06. The molecule has 27 heavy (non-hydrogen) atoms. The molecule has 7 nitrogen and oxygen atoms in total. The molecule has 3 aromatic rings. The minimum Gasteiger partial charge on any atom is -0.467 e. The highest BCUT2D eigenvalue weighted by Crippen LogP contribution is 2.19. The first kappa shape index (κ1) is 18.2. The van der Waals surface area contributed by atoms with Crippen LogP contribution in [0.2, 0.25) is 0 Å². The number of aryl methyl sites for hydroxylation is 1. The molecule has 0 saturated heterocycles. The molecule has 0 spiro atoms. The molecule has 2 N–H and O–H groups in total. The highest BCUT2D eigenvalue weighted by molar-refractivity contribution is 6.35. The van der Waals surface area contributed by atoms with Gasteiger partial charge in [-0.25, -0.2) is 5.43 Å². The van der Waals surface area contributed by atoms with Gasteiger partial charge in [0.2, 0.25) is 0 Å². The molecule has 138 valence electrons. The SMILES string of the molecule is Cc1cc(/C=N\NC(=O)C(=O)NCc2ccco2)c(C)n1-c1ccccc1. The predicted molar refractivity (Wildman–Crippen MR) is 102 cm³/mol. The lowest BCUT2D eigenvalue weighted by Crippen LogP contribution is -2.37. The van der Waals surface area contributed by atoms with Crippen molar-refractivity contribution >= 4 is 18.0 Å². The van der Waals surface area contributed by atoms with E-state index in [1.165, 1.54) is 12.5 Å². The highest BCUT2D eigenvalue weighted by atomic mass is 16.3. The number of rotatable bonds is 5. The quantitative estimate of drug-likeness (QED) is 0.414. The van der Waals surface area contributed by atoms with E-state index in [0.717, 1.165) is 22.6 Å². The van der Waals surface area contributed by atoms with Crippen LogP contribution in [0.1, 0.15) is 22.7 Å². The van der Waals surface area contributed by atoms with Crippen LogP contribution in [0.25, 0.3) is 5.69 Å². The number of hydrogen-bond donors (Lipinski definition) is 2. The molecule has 0 unspecified atom stereocenters. The van der Waals surface area contributed by atoms with Crippen molar-refractivity contribution < 1.29 is 14.0 Å². The van der Waals surface area contributed by atoms with Gasteiger partial charge in [-0.05, 0) is 44.2 Å². The summed E-state index contributed by atoms with van der Waals surface area (Å²) < 4.78 is 7.18. The van der Waals surface area contributed by atoms with E-state index >= 15 is 0 Å². The van der Waals surface area contributed by atoms with Crippen molar-refractivity contribution in [1.82, 2.24) is 15.3 Å². The third kappa shape index (κ3) is 4.33. The fourth-order valence-corrected chi connectivity index (χ4v) is 2.76. The Kier molecular flexibility index (Phi) is 5.51. The lowest BCUT2D eigenvalue weighted by Gasteiger charge is -2.08. The number of aromatic nitrogens is 1. The smallest absolute Gasteiger partial charge is 0.329 e. The van der Waals surface area contributed by atoms with Crippen LogP contribution < -0.4 is 10.7 Å². The van der Waals surface area contributed by atoms with E-state index in [1.807, 2.05) is 50.2 Å². The fraction of sp³-hybridized carbons (Fsp3) is 0.150. The zero-order valence-corrected chi connectivity index (χ0v) is 15.1. The van der Waals surface area contributed by atoms with Crippen molar-refractivity contribution in [1.29, 1.82) is 0 Å². The number of carbonyl (C=O) groups is 2. The Morgan fingerprint density at radius 3 is 2.59 bits per heavy atom. The summed E-state index contributed by atoms with van der Waals surface area (Å²) >= 11 is 0. The second-order valence-corrected chi connectivity index (χ2v) is 5.96. The van der Waals surface area contributed by atoms with E-state index in [0.29, 0.717) is 5.76 Å². The Balaban J connectivity index is 1.61. The molecule has 0 aliphatic carbocycles. The summed E-state index contributed by atoms with van der Waals surface area (Å²) in [6.07, 6.45) is 3.03. The number of carbonyl (C=O) groups excluding carboxylic acids is 2. The maximum atomic E-state index is 11.8. The van der Waals surface area contributed by atoms with Crippen molar-refractivity contribution in [2.75, 3.05) is 0 Å². The van der Waals surface area contributed by atoms with Crippen LogP contribution >= 0.6 is 0 Å². The largest absolute Gasteiger partial charge is 0.467 e. The normalized spacial score (nSPS) is 10.9. The molecule has 0 saturated carbocycles. The number of hydrogen-bond acceptors (Lipinski definition) is 4. The van der Waals surface area contributed by atoms with Gasteiger partial charge in [0.15, 0.2) is 0 Å². The second-order valence-electron chi connectivity index (χ2n) is 5.96. The molecule has 0 aliphatic rings. The van der Waals surface area contributed by atoms with Crippen molar-refractivity contribution in [2.24, 2.45) is 5.10 Å². The van der Waals surface area contributed by atoms with Crippen molar-refractivity contribution in [3.05, 3.63) is 77.5 Å². The van der Waals surface area contributed by atoms with E-state index in [9.17, 15) is 9.59 Å². The van der Waals surface area contributed by atoms with Crippen molar-refractivity contribution in [3.63, 3.8) is 0 Å². The standard InChI is InChI=1S/C20H20N4O3/c1-14-11-16(15(2)24(14)17-7-4-3-5-8-17)12-22-23-20(26)19(25)21-13-18-9-6-10-27-18/h3-12H,13H2,1-2H3,(H,21,25)(H,23,26)/b22-12-. The molecular formula is C20H20N4O3. The highest BCUT2D eigenvalue weighted by Gasteiger charge is 2.13. The molecule has 0 fully saturated rings. The molecule has 0 radical (unpaired) electrons. The molecule has 1 aromatic carbocycles. The summed E-state index contributed by atoms with van der Waals surface area (Å²) in [5, 5.41) is 6.35. The van der Waals surface area contributed by atoms with Crippen molar-refractivity contribution in [2.45, 2.75) is 20.4 Å². The Hall–Kier alpha value is -3.61. The summed E-state index contributed by atoms with van der Waals surface area (Å²) in [6.45, 7) is 4.11. The number of nitrogens with zero attached hydrogens (tertiary/aromatic N) is 2. The van der Waals surface area contributed by atoms with Gasteiger partial charge in [-0.2, -0.15) is 5.10 Å². The Labute approximate surface area is 156 Å². The summed E-state index contributed by atoms with van der Waals surface area (Å²) in [5.74, 6) is -1.05. The minimum atomic E-state index is -0.838. The van der Waals surface area contributed by atoms with Gasteiger partial charge in [-0.3, -0.25) is 9.59 Å². The van der Waals surface area contributed by atoms with Crippen LogP contribution in [0.5, 0.6) is 0 Å². The number of furan rings is 1. The first-order valence-electron chi connectivity index (χ1n) is 8.44. The fourth-order valence-electron chi connectivity index (χ4n) is 2.76. The van der Waals surface area contributed by atoms with Crippen LogP contribution in [-0.2, 0) is 16.1 Å². The predicted octanol–water partition coefficient (Wildman–Crippen LogP) is 2.45. The minimum absolute atomic E-state index is 0.140. The molecule has 2 heterocycles. The Morgan fingerprint density at radius 2 is 1.89 bits per heavy atom. The van der Waals surface area contributed by atoms with Crippen LogP contribution in [0.3, 0.4) is 0 Å². The Bertz CT molecular complexity index is 957. The Morgan fingerprint density at radius 1 is 1.11 bits per heavy atom. The molecule has 2 aromatic heterocycles. The first-order valence-corrected chi connectivity index (χ1v) is 8.44. The average molecular weight is 364 g/mol. The van der Waals surface area contributed by atoms with Gasteiger partial charge in [0, 0.05) is 22.6 Å². The third-order valence-electron chi connectivity index (χ3n) is 4.06. The summed E-state index contributed by atoms with van der Waals surface area (Å²) in [6, 6.07) is 15.3. The molecule has 2 amide bonds. The topological polar surface area (TPSA) is 88.6 Å². The number of hydrazone groups is 1. The molecule has 3 rings (SSSR count). The molecule has 7 heteroatoms. The van der Waals surface area contributed by atoms with Gasteiger partial charge in [0.25, 0.3) is 0 Å². The lowest BCUT2D eigenvalue weighted by molar-refractivity contribution is -0.139. The molecule has 0 bridgehead atoms. The zero-order chi connectivity index (χ0) is 19.2. The maximum Gasteiger partial charge on any atom is 0.329 e. The number of benzene rings is 1. The summed E-state index contributed by atoms with van der Waals surface area (Å²) in [5.41, 5.74) is 6.17. The molecule has 0 aliphatic heterocycles. The van der Waals surface area contributed by atoms with Gasteiger partial charge in [-0.1, -0.05) is 18.2 Å². The van der Waals surface area contributed by atoms with Gasteiger partial charge in [-0.15, -0.1) is 0 Å². The number of nitrogens with one attached hydrogen (secondary N) is 2. The summed E-state index contributed by atoms with van der Waals surface area (Å²) in [7, 11) is 0. The average Bonchev–Trinajstić information content (AvgIpc) is 3.28. The van der Waals surface area contributed by atoms with Crippen molar-refractivity contribution in [3.8, 4) is 5.69 Å². The van der Waals surface area contributed by atoms with E-state index in [-0.39, 0.29) is 6.54 Å². The van der Waals surface area contributed by atoms with Gasteiger partial charge >= 0.3 is 11.8 Å². The van der Waals surface area contributed by atoms with E-state index < -0.39 is 11.8 Å². The van der Waals surface area contributed by atoms with Gasteiger partial charge in [0.1, 0.15) is 5.76 Å². The number of amides is 2. The molecule has 0 atom stereocenters. The molecular weight excluding hydrogens is 344 g/mol. The lowest BCUT2D eigenvalue weighted by atomic mass is 10.2.